The van der Waals surface area contributed by atoms with E-state index < -0.39 is 11.9 Å². The second-order valence-electron chi connectivity index (χ2n) is 4.31. The maximum atomic E-state index is 12.0. The lowest BCUT2D eigenvalue weighted by Crippen LogP contribution is -2.50. The lowest BCUT2D eigenvalue weighted by atomic mass is 10.1. The molecule has 1 atom stereocenters. The van der Waals surface area contributed by atoms with Gasteiger partial charge in [0.25, 0.3) is 5.91 Å². The fraction of sp³-hybridized carbons (Fsp3) is 0.333. The number of halogens is 2. The molecule has 4 N–H and O–H groups in total. The Hall–Kier alpha value is -1.46. The molecule has 1 aliphatic rings. The zero-order valence-corrected chi connectivity index (χ0v) is 11.5. The van der Waals surface area contributed by atoms with Crippen molar-refractivity contribution in [1.29, 1.82) is 0 Å². The van der Waals surface area contributed by atoms with Crippen LogP contribution in [0, 0.1) is 0 Å². The molecule has 0 spiro atoms. The summed E-state index contributed by atoms with van der Waals surface area (Å²) >= 11 is 11.7. The van der Waals surface area contributed by atoms with E-state index in [9.17, 15) is 9.59 Å². The molecule has 0 bridgehead atoms. The van der Waals surface area contributed by atoms with Gasteiger partial charge in [-0.05, 0) is 25.0 Å². The Morgan fingerprint density at radius 1 is 1.37 bits per heavy atom. The number of hydrogen-bond donors (Lipinski definition) is 3. The number of hydrogen-bond acceptors (Lipinski definition) is 3. The molecule has 1 aromatic carbocycles. The predicted molar refractivity (Wildman–Crippen MR) is 74.4 cm³/mol. The summed E-state index contributed by atoms with van der Waals surface area (Å²) < 4.78 is 0. The van der Waals surface area contributed by atoms with Crippen LogP contribution >= 0.6 is 23.2 Å². The molecule has 19 heavy (non-hydrogen) atoms. The number of anilines is 1. The van der Waals surface area contributed by atoms with Crippen molar-refractivity contribution in [1.82, 2.24) is 10.6 Å². The number of amides is 2. The Morgan fingerprint density at radius 2 is 2.00 bits per heavy atom. The van der Waals surface area contributed by atoms with E-state index in [1.165, 1.54) is 12.1 Å². The summed E-state index contributed by atoms with van der Waals surface area (Å²) in [6.45, 7) is 0.644. The van der Waals surface area contributed by atoms with Crippen molar-refractivity contribution < 1.29 is 9.59 Å². The summed E-state index contributed by atoms with van der Waals surface area (Å²) in [4.78, 5) is 23.6. The standard InChI is InChI=1S/C12H13Cl2N3O2/c13-7-4-6(5-8(14)10(7)15)11(18)17-9-2-1-3-16-12(9)19/h4-5,9H,1-3,15H2,(H,16,19)(H,17,18). The summed E-state index contributed by atoms with van der Waals surface area (Å²) in [5, 5.41) is 5.77. The average molecular weight is 302 g/mol. The molecule has 1 saturated heterocycles. The minimum absolute atomic E-state index is 0.174. The lowest BCUT2D eigenvalue weighted by molar-refractivity contribution is -0.124. The number of carbonyl (C=O) groups excluding carboxylic acids is 2. The molecule has 102 valence electrons. The topological polar surface area (TPSA) is 84.2 Å². The molecule has 1 heterocycles. The molecule has 1 aliphatic heterocycles. The average Bonchev–Trinajstić information content (AvgIpc) is 2.38. The third kappa shape index (κ3) is 3.11. The smallest absolute Gasteiger partial charge is 0.252 e. The van der Waals surface area contributed by atoms with Crippen LogP contribution in [-0.4, -0.2) is 24.4 Å². The van der Waals surface area contributed by atoms with Gasteiger partial charge >= 0.3 is 0 Å². The Kier molecular flexibility index (Phi) is 4.17. The number of nitrogen functional groups attached to an aromatic ring is 1. The third-order valence-electron chi connectivity index (χ3n) is 2.93. The SMILES string of the molecule is Nc1c(Cl)cc(C(=O)NC2CCCNC2=O)cc1Cl. The van der Waals surface area contributed by atoms with E-state index in [1.807, 2.05) is 0 Å². The Labute approximate surface area is 120 Å². The summed E-state index contributed by atoms with van der Waals surface area (Å²) in [7, 11) is 0. The van der Waals surface area contributed by atoms with Crippen molar-refractivity contribution in [2.24, 2.45) is 0 Å². The first-order valence-corrected chi connectivity index (χ1v) is 6.57. The number of nitrogens with two attached hydrogens (primary N) is 1. The van der Waals surface area contributed by atoms with Crippen molar-refractivity contribution in [3.8, 4) is 0 Å². The highest BCUT2D eigenvalue weighted by atomic mass is 35.5. The molecule has 1 fully saturated rings. The minimum atomic E-state index is -0.517. The van der Waals surface area contributed by atoms with Gasteiger partial charge in [-0.15, -0.1) is 0 Å². The van der Waals surface area contributed by atoms with Crippen LogP contribution in [0.25, 0.3) is 0 Å². The van der Waals surface area contributed by atoms with Gasteiger partial charge in [0.1, 0.15) is 6.04 Å². The summed E-state index contributed by atoms with van der Waals surface area (Å²) in [5.74, 6) is -0.571. The molecule has 5 nitrogen and oxygen atoms in total. The molecule has 0 radical (unpaired) electrons. The number of piperidine rings is 1. The van der Waals surface area contributed by atoms with Gasteiger partial charge in [0.2, 0.25) is 5.91 Å². The van der Waals surface area contributed by atoms with Crippen LogP contribution in [0.4, 0.5) is 5.69 Å². The molecule has 2 rings (SSSR count). The van der Waals surface area contributed by atoms with E-state index in [0.717, 1.165) is 6.42 Å². The van der Waals surface area contributed by atoms with Gasteiger partial charge in [0, 0.05) is 12.1 Å². The van der Waals surface area contributed by atoms with Crippen molar-refractivity contribution in [2.45, 2.75) is 18.9 Å². The lowest BCUT2D eigenvalue weighted by Gasteiger charge is -2.22. The molecular formula is C12H13Cl2N3O2. The fourth-order valence-corrected chi connectivity index (χ4v) is 2.35. The highest BCUT2D eigenvalue weighted by molar-refractivity contribution is 6.39. The Balaban J connectivity index is 2.13. The van der Waals surface area contributed by atoms with Crippen molar-refractivity contribution in [3.05, 3.63) is 27.7 Å². The second-order valence-corrected chi connectivity index (χ2v) is 5.13. The van der Waals surface area contributed by atoms with Gasteiger partial charge < -0.3 is 16.4 Å². The first-order chi connectivity index (χ1) is 8.99. The molecule has 2 amide bonds. The van der Waals surface area contributed by atoms with Gasteiger partial charge in [0.15, 0.2) is 0 Å². The summed E-state index contributed by atoms with van der Waals surface area (Å²) in [5.41, 5.74) is 6.11. The van der Waals surface area contributed by atoms with Crippen LogP contribution in [0.3, 0.4) is 0 Å². The van der Waals surface area contributed by atoms with E-state index in [2.05, 4.69) is 10.6 Å². The molecule has 0 aromatic heterocycles. The third-order valence-corrected chi connectivity index (χ3v) is 3.56. The number of rotatable bonds is 2. The van der Waals surface area contributed by atoms with Crippen LogP contribution in [0.5, 0.6) is 0 Å². The van der Waals surface area contributed by atoms with E-state index in [1.54, 1.807) is 0 Å². The normalized spacial score (nSPS) is 18.8. The molecule has 0 aliphatic carbocycles. The first-order valence-electron chi connectivity index (χ1n) is 5.82. The van der Waals surface area contributed by atoms with Crippen LogP contribution in [-0.2, 0) is 4.79 Å². The molecular weight excluding hydrogens is 289 g/mol. The maximum Gasteiger partial charge on any atom is 0.252 e. The molecule has 1 unspecified atom stereocenters. The van der Waals surface area contributed by atoms with E-state index in [0.29, 0.717) is 13.0 Å². The summed E-state index contributed by atoms with van der Waals surface area (Å²) in [6, 6.07) is 2.34. The zero-order chi connectivity index (χ0) is 14.0. The number of benzene rings is 1. The highest BCUT2D eigenvalue weighted by Crippen LogP contribution is 2.28. The van der Waals surface area contributed by atoms with Crippen LogP contribution in [0.1, 0.15) is 23.2 Å². The highest BCUT2D eigenvalue weighted by Gasteiger charge is 2.24. The van der Waals surface area contributed by atoms with Crippen molar-refractivity contribution in [3.63, 3.8) is 0 Å². The second kappa shape index (κ2) is 5.67. The minimum Gasteiger partial charge on any atom is -0.396 e. The van der Waals surface area contributed by atoms with Crippen LogP contribution in [0.15, 0.2) is 12.1 Å². The molecule has 0 saturated carbocycles. The van der Waals surface area contributed by atoms with Crippen LogP contribution < -0.4 is 16.4 Å². The quantitative estimate of drug-likeness (QED) is 0.725. The summed E-state index contributed by atoms with van der Waals surface area (Å²) in [6.07, 6.45) is 1.45. The maximum absolute atomic E-state index is 12.0. The molecule has 7 heteroatoms. The largest absolute Gasteiger partial charge is 0.396 e. The number of nitrogens with one attached hydrogen (secondary N) is 2. The monoisotopic (exact) mass is 301 g/mol. The van der Waals surface area contributed by atoms with Gasteiger partial charge in [-0.3, -0.25) is 9.59 Å². The Bertz CT molecular complexity index is 511. The Morgan fingerprint density at radius 3 is 2.58 bits per heavy atom. The van der Waals surface area contributed by atoms with Gasteiger partial charge in [-0.2, -0.15) is 0 Å². The van der Waals surface area contributed by atoms with Crippen molar-refractivity contribution in [2.75, 3.05) is 12.3 Å². The van der Waals surface area contributed by atoms with Gasteiger partial charge in [0.05, 0.1) is 15.7 Å². The van der Waals surface area contributed by atoms with Crippen molar-refractivity contribution >= 4 is 40.7 Å². The van der Waals surface area contributed by atoms with E-state index in [-0.39, 0.29) is 27.2 Å². The zero-order valence-electron chi connectivity index (χ0n) is 10.0. The predicted octanol–water partition coefficient (Wildman–Crippen LogP) is 1.58. The van der Waals surface area contributed by atoms with E-state index in [4.69, 9.17) is 28.9 Å². The van der Waals surface area contributed by atoms with E-state index >= 15 is 0 Å². The first kappa shape index (κ1) is 14.0. The fourth-order valence-electron chi connectivity index (χ4n) is 1.87. The number of carbonyl (C=O) groups is 2. The van der Waals surface area contributed by atoms with Gasteiger partial charge in [-0.1, -0.05) is 23.2 Å². The van der Waals surface area contributed by atoms with Gasteiger partial charge in [-0.25, -0.2) is 0 Å². The van der Waals surface area contributed by atoms with Crippen LogP contribution in [0.2, 0.25) is 10.0 Å². The molecule has 1 aromatic rings.